The molecular formula is C31H34N4O+2. The molecule has 0 radical (unpaired) electrons. The maximum absolute atomic E-state index is 13.2. The number of carbonyl (C=O) groups excluding carboxylic acids is 1. The Bertz CT molecular complexity index is 1310. The molecular weight excluding hydrogens is 444 g/mol. The van der Waals surface area contributed by atoms with Crippen molar-refractivity contribution in [3.8, 4) is 0 Å². The molecule has 5 nitrogen and oxygen atoms in total. The number of amides is 1. The largest absolute Gasteiger partial charge is 0.320 e. The van der Waals surface area contributed by atoms with Crippen molar-refractivity contribution in [1.29, 1.82) is 0 Å². The molecule has 0 saturated carbocycles. The minimum Gasteiger partial charge on any atom is -0.320 e. The second-order valence-electron chi connectivity index (χ2n) is 10.2. The highest BCUT2D eigenvalue weighted by Gasteiger charge is 2.32. The van der Waals surface area contributed by atoms with Gasteiger partial charge in [0.1, 0.15) is 32.2 Å². The number of quaternary nitrogens is 2. The van der Waals surface area contributed by atoms with Gasteiger partial charge in [-0.25, -0.2) is 0 Å². The van der Waals surface area contributed by atoms with Crippen molar-refractivity contribution in [3.05, 3.63) is 107 Å². The molecule has 1 saturated heterocycles. The third kappa shape index (κ3) is 4.64. The Kier molecular flexibility index (Phi) is 6.50. The van der Waals surface area contributed by atoms with Crippen molar-refractivity contribution in [2.75, 3.05) is 38.0 Å². The van der Waals surface area contributed by atoms with E-state index in [1.54, 1.807) is 4.90 Å². The van der Waals surface area contributed by atoms with Crippen molar-refractivity contribution in [2.45, 2.75) is 25.3 Å². The van der Waals surface area contributed by atoms with E-state index < -0.39 is 0 Å². The third-order valence-corrected chi connectivity index (χ3v) is 7.87. The van der Waals surface area contributed by atoms with Crippen LogP contribution in [0, 0.1) is 0 Å². The minimum absolute atomic E-state index is 0.113. The van der Waals surface area contributed by atoms with Gasteiger partial charge in [0.15, 0.2) is 6.54 Å². The molecule has 36 heavy (non-hydrogen) atoms. The van der Waals surface area contributed by atoms with Crippen molar-refractivity contribution >= 4 is 22.5 Å². The Morgan fingerprint density at radius 3 is 2.14 bits per heavy atom. The van der Waals surface area contributed by atoms with E-state index in [0.29, 0.717) is 12.6 Å². The van der Waals surface area contributed by atoms with Crippen LogP contribution in [0.1, 0.15) is 34.8 Å². The highest BCUT2D eigenvalue weighted by molar-refractivity contribution is 6.03. The molecule has 182 valence electrons. The lowest BCUT2D eigenvalue weighted by atomic mass is 9.96. The molecule has 6 rings (SSSR count). The van der Waals surface area contributed by atoms with Gasteiger partial charge in [-0.05, 0) is 30.9 Å². The number of anilines is 1. The van der Waals surface area contributed by atoms with Gasteiger partial charge in [0, 0.05) is 22.2 Å². The van der Waals surface area contributed by atoms with Gasteiger partial charge in [0.2, 0.25) is 0 Å². The molecule has 1 aromatic heterocycles. The summed E-state index contributed by atoms with van der Waals surface area (Å²) in [6, 6.07) is 30.2. The zero-order valence-electron chi connectivity index (χ0n) is 20.7. The number of hydrogen-bond acceptors (Lipinski definition) is 2. The van der Waals surface area contributed by atoms with E-state index in [0.717, 1.165) is 67.7 Å². The van der Waals surface area contributed by atoms with E-state index in [-0.39, 0.29) is 5.91 Å². The van der Waals surface area contributed by atoms with Gasteiger partial charge in [0.05, 0.1) is 11.2 Å². The van der Waals surface area contributed by atoms with E-state index in [9.17, 15) is 4.79 Å². The van der Waals surface area contributed by atoms with Crippen LogP contribution in [0.4, 0.5) is 5.69 Å². The van der Waals surface area contributed by atoms with Crippen LogP contribution in [0.25, 0.3) is 10.9 Å². The quantitative estimate of drug-likeness (QED) is 0.398. The van der Waals surface area contributed by atoms with Gasteiger partial charge in [-0.1, -0.05) is 78.9 Å². The SMILES string of the molecule is O=C(C[NH+]1CC[NH+](C(c2ccccc2)c2ccccc2)CC1)Nc1c2c(nc3ccccc13)CCC2. The first kappa shape index (κ1) is 22.9. The highest BCUT2D eigenvalue weighted by Crippen LogP contribution is 2.33. The van der Waals surface area contributed by atoms with E-state index in [2.05, 4.69) is 72.0 Å². The second-order valence-corrected chi connectivity index (χ2v) is 10.2. The molecule has 1 aliphatic heterocycles. The number of nitrogens with one attached hydrogen (secondary N) is 3. The molecule has 2 heterocycles. The molecule has 2 aliphatic rings. The molecule has 3 aromatic carbocycles. The Balaban J connectivity index is 1.14. The van der Waals surface area contributed by atoms with Crippen LogP contribution >= 0.6 is 0 Å². The number of fused-ring (bicyclic) bond motifs is 2. The third-order valence-electron chi connectivity index (χ3n) is 7.87. The zero-order valence-corrected chi connectivity index (χ0v) is 20.7. The maximum Gasteiger partial charge on any atom is 0.279 e. The first-order chi connectivity index (χ1) is 17.8. The molecule has 3 N–H and O–H groups in total. The standard InChI is InChI=1S/C31H32N4O/c36-29(33-30-25-14-7-8-16-27(25)32-28-17-9-15-26(28)30)22-34-18-20-35(21-19-34)31(23-10-3-1-4-11-23)24-12-5-2-6-13-24/h1-8,10-14,16,31H,9,15,17-22H2,(H,32,33,36)/p+2. The number of nitrogens with zero attached hydrogens (tertiary/aromatic N) is 1. The summed E-state index contributed by atoms with van der Waals surface area (Å²) in [6.45, 7) is 4.59. The Morgan fingerprint density at radius 2 is 1.44 bits per heavy atom. The second kappa shape index (κ2) is 10.2. The Hall–Kier alpha value is -3.54. The fourth-order valence-electron chi connectivity index (χ4n) is 6.11. The number of benzene rings is 3. The summed E-state index contributed by atoms with van der Waals surface area (Å²) >= 11 is 0. The van der Waals surface area contributed by atoms with Gasteiger partial charge in [-0.15, -0.1) is 0 Å². The van der Waals surface area contributed by atoms with Gasteiger partial charge < -0.3 is 15.1 Å². The predicted molar refractivity (Wildman–Crippen MR) is 143 cm³/mol. The number of para-hydroxylation sites is 1. The number of pyridine rings is 1. The van der Waals surface area contributed by atoms with Gasteiger partial charge in [0.25, 0.3) is 5.91 Å². The minimum atomic E-state index is 0.113. The predicted octanol–water partition coefficient (Wildman–Crippen LogP) is 2.24. The Morgan fingerprint density at radius 1 is 0.806 bits per heavy atom. The molecule has 0 unspecified atom stereocenters. The monoisotopic (exact) mass is 478 g/mol. The fourth-order valence-corrected chi connectivity index (χ4v) is 6.11. The molecule has 1 amide bonds. The molecule has 1 fully saturated rings. The average Bonchev–Trinajstić information content (AvgIpc) is 3.39. The van der Waals surface area contributed by atoms with Crippen LogP contribution in [-0.4, -0.2) is 43.6 Å². The molecule has 0 atom stereocenters. The van der Waals surface area contributed by atoms with Crippen molar-refractivity contribution in [3.63, 3.8) is 0 Å². The van der Waals surface area contributed by atoms with Gasteiger partial charge in [-0.3, -0.25) is 9.78 Å². The number of aromatic nitrogens is 1. The van der Waals surface area contributed by atoms with Crippen LogP contribution in [0.15, 0.2) is 84.9 Å². The number of hydrogen-bond donors (Lipinski definition) is 3. The topological polar surface area (TPSA) is 50.9 Å². The highest BCUT2D eigenvalue weighted by atomic mass is 16.2. The lowest BCUT2D eigenvalue weighted by Crippen LogP contribution is -3.28. The van der Waals surface area contributed by atoms with E-state index >= 15 is 0 Å². The first-order valence-electron chi connectivity index (χ1n) is 13.2. The van der Waals surface area contributed by atoms with Crippen LogP contribution in [0.5, 0.6) is 0 Å². The van der Waals surface area contributed by atoms with Crippen LogP contribution < -0.4 is 15.1 Å². The van der Waals surface area contributed by atoms with Gasteiger partial charge in [-0.2, -0.15) is 0 Å². The van der Waals surface area contributed by atoms with Crippen molar-refractivity contribution in [2.24, 2.45) is 0 Å². The first-order valence-corrected chi connectivity index (χ1v) is 13.2. The average molecular weight is 479 g/mol. The van der Waals surface area contributed by atoms with E-state index in [4.69, 9.17) is 4.98 Å². The number of carbonyl (C=O) groups is 1. The smallest absolute Gasteiger partial charge is 0.279 e. The van der Waals surface area contributed by atoms with Crippen LogP contribution in [0.3, 0.4) is 0 Å². The van der Waals surface area contributed by atoms with Crippen molar-refractivity contribution in [1.82, 2.24) is 4.98 Å². The zero-order chi connectivity index (χ0) is 24.3. The van der Waals surface area contributed by atoms with E-state index in [1.807, 2.05) is 18.2 Å². The summed E-state index contributed by atoms with van der Waals surface area (Å²) in [7, 11) is 0. The summed E-state index contributed by atoms with van der Waals surface area (Å²) in [6.07, 6.45) is 3.11. The van der Waals surface area contributed by atoms with Crippen molar-refractivity contribution < 1.29 is 14.6 Å². The lowest BCUT2D eigenvalue weighted by molar-refractivity contribution is -1.02. The normalized spacial score (nSPS) is 19.4. The molecule has 4 aromatic rings. The Labute approximate surface area is 212 Å². The summed E-state index contributed by atoms with van der Waals surface area (Å²) in [4.78, 5) is 21.0. The summed E-state index contributed by atoms with van der Waals surface area (Å²) in [5, 5.41) is 4.37. The summed E-state index contributed by atoms with van der Waals surface area (Å²) < 4.78 is 0. The number of aryl methyl sites for hydroxylation is 1. The summed E-state index contributed by atoms with van der Waals surface area (Å²) in [5.74, 6) is 0.113. The van der Waals surface area contributed by atoms with E-state index in [1.165, 1.54) is 21.6 Å². The lowest BCUT2D eigenvalue weighted by Gasteiger charge is -2.35. The van der Waals surface area contributed by atoms with Crippen LogP contribution in [-0.2, 0) is 17.6 Å². The number of rotatable bonds is 6. The maximum atomic E-state index is 13.2. The molecule has 5 heteroatoms. The molecule has 0 bridgehead atoms. The van der Waals surface area contributed by atoms with Crippen LogP contribution in [0.2, 0.25) is 0 Å². The number of piperazine rings is 1. The molecule has 0 spiro atoms. The fraction of sp³-hybridized carbons (Fsp3) is 0.290. The molecule has 1 aliphatic carbocycles. The summed E-state index contributed by atoms with van der Waals surface area (Å²) in [5.41, 5.74) is 7.08. The van der Waals surface area contributed by atoms with Gasteiger partial charge >= 0.3 is 0 Å².